The molecule has 0 saturated carbocycles. The smallest absolute Gasteiger partial charge is 0.262 e. The summed E-state index contributed by atoms with van der Waals surface area (Å²) in [7, 11) is 1.58. The van der Waals surface area contributed by atoms with Crippen LogP contribution in [0.3, 0.4) is 0 Å². The van der Waals surface area contributed by atoms with Crippen LogP contribution < -0.4 is 10.2 Å². The SMILES string of the molecule is CN1C(=O)/C(=C\c2ccc(Cl)cc2)C(=O)c2cc(C(=O)NCc3ccc(F)cc3)ccc21. The molecule has 0 spiro atoms. The van der Waals surface area contributed by atoms with Crippen LogP contribution in [0.15, 0.2) is 72.3 Å². The standard InChI is InChI=1S/C25H18ClFN2O3/c1-29-22-11-6-17(24(31)28-14-16-4-9-19(27)10-5-16)13-20(22)23(30)21(25(29)32)12-15-2-7-18(26)8-3-15/h2-13H,14H2,1H3,(H,28,31)/b21-12-. The Hall–Kier alpha value is -3.77. The Kier molecular flexibility index (Phi) is 5.88. The third kappa shape index (κ3) is 4.31. The van der Waals surface area contributed by atoms with Crippen LogP contribution in [0, 0.1) is 5.82 Å². The third-order valence-corrected chi connectivity index (χ3v) is 5.44. The molecule has 0 bridgehead atoms. The van der Waals surface area contributed by atoms with E-state index < -0.39 is 11.7 Å². The van der Waals surface area contributed by atoms with Crippen molar-refractivity contribution in [1.82, 2.24) is 5.32 Å². The van der Waals surface area contributed by atoms with Crippen molar-refractivity contribution in [2.24, 2.45) is 0 Å². The third-order valence-electron chi connectivity index (χ3n) is 5.19. The highest BCUT2D eigenvalue weighted by molar-refractivity contribution is 6.36. The minimum atomic E-state index is -0.453. The number of rotatable bonds is 4. The number of anilines is 1. The van der Waals surface area contributed by atoms with Crippen LogP contribution in [0.5, 0.6) is 0 Å². The van der Waals surface area contributed by atoms with E-state index in [0.29, 0.717) is 16.3 Å². The van der Waals surface area contributed by atoms with Gasteiger partial charge < -0.3 is 10.2 Å². The lowest BCUT2D eigenvalue weighted by atomic mass is 9.92. The first kappa shape index (κ1) is 21.5. The molecule has 32 heavy (non-hydrogen) atoms. The second kappa shape index (κ2) is 8.77. The first-order valence-corrected chi connectivity index (χ1v) is 10.2. The van der Waals surface area contributed by atoms with Gasteiger partial charge in [0, 0.05) is 29.7 Å². The van der Waals surface area contributed by atoms with Crippen LogP contribution in [-0.2, 0) is 11.3 Å². The number of carbonyl (C=O) groups excluding carboxylic acids is 3. The second-order valence-corrected chi connectivity index (χ2v) is 7.78. The van der Waals surface area contributed by atoms with E-state index in [1.807, 2.05) is 0 Å². The van der Waals surface area contributed by atoms with Crippen molar-refractivity contribution >= 4 is 41.0 Å². The second-order valence-electron chi connectivity index (χ2n) is 7.34. The molecule has 5 nitrogen and oxygen atoms in total. The summed E-state index contributed by atoms with van der Waals surface area (Å²) in [5.41, 5.74) is 2.40. The number of hydrogen-bond acceptors (Lipinski definition) is 3. The summed E-state index contributed by atoms with van der Waals surface area (Å²) in [6.45, 7) is 0.213. The number of nitrogens with zero attached hydrogens (tertiary/aromatic N) is 1. The number of halogens is 2. The molecule has 3 aromatic rings. The zero-order valence-corrected chi connectivity index (χ0v) is 17.8. The van der Waals surface area contributed by atoms with Crippen molar-refractivity contribution in [2.75, 3.05) is 11.9 Å². The van der Waals surface area contributed by atoms with Crippen molar-refractivity contribution in [1.29, 1.82) is 0 Å². The monoisotopic (exact) mass is 448 g/mol. The fourth-order valence-corrected chi connectivity index (χ4v) is 3.55. The number of likely N-dealkylation sites (N-methyl/N-ethyl adjacent to an activating group) is 1. The highest BCUT2D eigenvalue weighted by Gasteiger charge is 2.33. The van der Waals surface area contributed by atoms with Crippen LogP contribution in [0.2, 0.25) is 5.02 Å². The highest BCUT2D eigenvalue weighted by atomic mass is 35.5. The molecule has 3 aromatic carbocycles. The molecule has 0 aliphatic carbocycles. The molecule has 7 heteroatoms. The lowest BCUT2D eigenvalue weighted by molar-refractivity contribution is -0.114. The van der Waals surface area contributed by atoms with Gasteiger partial charge >= 0.3 is 0 Å². The predicted molar refractivity (Wildman–Crippen MR) is 121 cm³/mol. The molecule has 1 aliphatic rings. The number of hydrogen-bond donors (Lipinski definition) is 1. The van der Waals surface area contributed by atoms with E-state index in [1.165, 1.54) is 29.2 Å². The Morgan fingerprint density at radius 3 is 2.41 bits per heavy atom. The van der Waals surface area contributed by atoms with Crippen LogP contribution in [0.1, 0.15) is 31.8 Å². The summed E-state index contributed by atoms with van der Waals surface area (Å²) >= 11 is 5.90. The van der Waals surface area contributed by atoms with Crippen molar-refractivity contribution in [3.05, 3.63) is 105 Å². The Morgan fingerprint density at radius 1 is 1.03 bits per heavy atom. The van der Waals surface area contributed by atoms with E-state index in [1.54, 1.807) is 55.6 Å². The molecule has 0 fully saturated rings. The van der Waals surface area contributed by atoms with Gasteiger partial charge in [0.2, 0.25) is 5.78 Å². The van der Waals surface area contributed by atoms with Crippen LogP contribution in [0.25, 0.3) is 6.08 Å². The summed E-state index contributed by atoms with van der Waals surface area (Å²) in [6, 6.07) is 17.2. The summed E-state index contributed by atoms with van der Waals surface area (Å²) in [5.74, 6) is -1.61. The first-order valence-electron chi connectivity index (χ1n) is 9.80. The quantitative estimate of drug-likeness (QED) is 0.466. The van der Waals surface area contributed by atoms with E-state index in [-0.39, 0.29) is 35.0 Å². The maximum Gasteiger partial charge on any atom is 0.262 e. The number of fused-ring (bicyclic) bond motifs is 1. The number of nitrogens with one attached hydrogen (secondary N) is 1. The fourth-order valence-electron chi connectivity index (χ4n) is 3.42. The average Bonchev–Trinajstić information content (AvgIpc) is 2.80. The van der Waals surface area contributed by atoms with Crippen LogP contribution in [-0.4, -0.2) is 24.6 Å². The zero-order valence-electron chi connectivity index (χ0n) is 17.1. The summed E-state index contributed by atoms with van der Waals surface area (Å²) < 4.78 is 13.0. The normalized spacial score (nSPS) is 14.5. The van der Waals surface area contributed by atoms with Crippen molar-refractivity contribution in [2.45, 2.75) is 6.54 Å². The molecule has 0 aromatic heterocycles. The van der Waals surface area contributed by atoms with Gasteiger partial charge in [0.15, 0.2) is 0 Å². The molecule has 4 rings (SSSR count). The molecule has 1 heterocycles. The van der Waals surface area contributed by atoms with E-state index in [4.69, 9.17) is 11.6 Å². The summed E-state index contributed by atoms with van der Waals surface area (Å²) in [5, 5.41) is 3.30. The topological polar surface area (TPSA) is 66.5 Å². The number of benzene rings is 3. The molecule has 0 unspecified atom stereocenters. The van der Waals surface area contributed by atoms with E-state index >= 15 is 0 Å². The molecule has 1 aliphatic heterocycles. The van der Waals surface area contributed by atoms with Gasteiger partial charge in [-0.3, -0.25) is 14.4 Å². The van der Waals surface area contributed by atoms with Crippen LogP contribution >= 0.6 is 11.6 Å². The van der Waals surface area contributed by atoms with Crippen molar-refractivity contribution in [3.63, 3.8) is 0 Å². The number of carbonyl (C=O) groups is 3. The van der Waals surface area contributed by atoms with Gasteiger partial charge in [0.25, 0.3) is 11.8 Å². The van der Waals surface area contributed by atoms with Gasteiger partial charge in [-0.25, -0.2) is 4.39 Å². The summed E-state index contributed by atoms with van der Waals surface area (Å²) in [6.07, 6.45) is 1.52. The number of ketones is 1. The minimum absolute atomic E-state index is 0.00573. The van der Waals surface area contributed by atoms with Gasteiger partial charge in [-0.2, -0.15) is 0 Å². The Balaban J connectivity index is 1.60. The lowest BCUT2D eigenvalue weighted by Crippen LogP contribution is -2.37. The molecule has 160 valence electrons. The Labute approximate surface area is 189 Å². The number of amides is 2. The maximum absolute atomic E-state index is 13.1. The van der Waals surface area contributed by atoms with E-state index in [0.717, 1.165) is 5.56 Å². The highest BCUT2D eigenvalue weighted by Crippen LogP contribution is 2.31. The molecule has 1 N–H and O–H groups in total. The summed E-state index contributed by atoms with van der Waals surface area (Å²) in [4.78, 5) is 39.9. The van der Waals surface area contributed by atoms with Gasteiger partial charge in [-0.15, -0.1) is 0 Å². The zero-order chi connectivity index (χ0) is 22.8. The van der Waals surface area contributed by atoms with Gasteiger partial charge in [-0.05, 0) is 59.7 Å². The van der Waals surface area contributed by atoms with E-state index in [9.17, 15) is 18.8 Å². The molecule has 0 radical (unpaired) electrons. The van der Waals surface area contributed by atoms with Crippen LogP contribution in [0.4, 0.5) is 10.1 Å². The van der Waals surface area contributed by atoms with Gasteiger partial charge in [-0.1, -0.05) is 35.9 Å². The largest absolute Gasteiger partial charge is 0.348 e. The van der Waals surface area contributed by atoms with Gasteiger partial charge in [0.05, 0.1) is 11.3 Å². The van der Waals surface area contributed by atoms with E-state index in [2.05, 4.69) is 5.32 Å². The Bertz CT molecular complexity index is 1250. The average molecular weight is 449 g/mol. The van der Waals surface area contributed by atoms with Crippen molar-refractivity contribution in [3.8, 4) is 0 Å². The van der Waals surface area contributed by atoms with Gasteiger partial charge in [0.1, 0.15) is 5.82 Å². The molecular weight excluding hydrogens is 431 g/mol. The maximum atomic E-state index is 13.1. The first-order chi connectivity index (χ1) is 15.3. The Morgan fingerprint density at radius 2 is 1.72 bits per heavy atom. The molecule has 0 saturated heterocycles. The molecular formula is C25H18ClFN2O3. The van der Waals surface area contributed by atoms with Crippen molar-refractivity contribution < 1.29 is 18.8 Å². The fraction of sp³-hybridized carbons (Fsp3) is 0.0800. The lowest BCUT2D eigenvalue weighted by Gasteiger charge is -2.27. The number of Topliss-reactive ketones (excluding diaryl/α,β-unsaturated/α-hetero) is 1. The molecule has 0 atom stereocenters. The molecule has 2 amide bonds. The predicted octanol–water partition coefficient (Wildman–Crippen LogP) is 4.65. The minimum Gasteiger partial charge on any atom is -0.348 e.